The van der Waals surface area contributed by atoms with Crippen molar-refractivity contribution in [1.82, 2.24) is 5.16 Å². The predicted molar refractivity (Wildman–Crippen MR) is 116 cm³/mol. The summed E-state index contributed by atoms with van der Waals surface area (Å²) >= 11 is 0. The Bertz CT molecular complexity index is 1200. The van der Waals surface area contributed by atoms with Crippen molar-refractivity contribution >= 4 is 12.1 Å². The number of benzene rings is 3. The summed E-state index contributed by atoms with van der Waals surface area (Å²) in [6, 6.07) is 24.5. The summed E-state index contributed by atoms with van der Waals surface area (Å²) in [5.41, 5.74) is 2.76. The minimum atomic E-state index is -0.800. The summed E-state index contributed by atoms with van der Waals surface area (Å²) in [5.74, 6) is 0.795. The van der Waals surface area contributed by atoms with E-state index in [0.717, 1.165) is 11.1 Å². The Morgan fingerprint density at radius 1 is 0.812 bits per heavy atom. The monoisotopic (exact) mass is 429 g/mol. The molecule has 0 bridgehead atoms. The van der Waals surface area contributed by atoms with Gasteiger partial charge in [0.15, 0.2) is 5.76 Å². The van der Waals surface area contributed by atoms with Gasteiger partial charge in [0.2, 0.25) is 0 Å². The van der Waals surface area contributed by atoms with E-state index in [1.165, 1.54) is 24.3 Å². The van der Waals surface area contributed by atoms with Crippen LogP contribution in [0.15, 0.2) is 89.5 Å². The average molecular weight is 429 g/mol. The number of aromatic nitrogens is 1. The minimum absolute atomic E-state index is 0.215. The smallest absolute Gasteiger partial charge is 0.434 e. The molecule has 4 aromatic rings. The van der Waals surface area contributed by atoms with Crippen molar-refractivity contribution in [3.05, 3.63) is 90.5 Å². The normalized spacial score (nSPS) is 10.4. The molecule has 0 radical (unpaired) electrons. The largest absolute Gasteiger partial charge is 0.513 e. The van der Waals surface area contributed by atoms with Crippen molar-refractivity contribution in [2.45, 2.75) is 6.92 Å². The molecule has 0 fully saturated rings. The first-order valence-electron chi connectivity index (χ1n) is 9.92. The van der Waals surface area contributed by atoms with Gasteiger partial charge in [-0.25, -0.2) is 9.59 Å². The minimum Gasteiger partial charge on any atom is -0.434 e. The average Bonchev–Trinajstić information content (AvgIpc) is 3.31. The summed E-state index contributed by atoms with van der Waals surface area (Å²) in [6.07, 6.45) is -0.800. The third-order valence-electron chi connectivity index (χ3n) is 4.48. The molecule has 0 atom stereocenters. The number of rotatable bonds is 6. The predicted octanol–water partition coefficient (Wildman–Crippen LogP) is 5.76. The fourth-order valence-electron chi connectivity index (χ4n) is 2.91. The van der Waals surface area contributed by atoms with Crippen molar-refractivity contribution < 1.29 is 28.3 Å². The van der Waals surface area contributed by atoms with Crippen molar-refractivity contribution in [2.24, 2.45) is 0 Å². The summed E-state index contributed by atoms with van der Waals surface area (Å²) in [6.45, 7) is 1.90. The Kier molecular flexibility index (Phi) is 6.27. The van der Waals surface area contributed by atoms with E-state index < -0.39 is 12.1 Å². The van der Waals surface area contributed by atoms with Gasteiger partial charge in [0, 0.05) is 17.2 Å². The van der Waals surface area contributed by atoms with Gasteiger partial charge in [0.1, 0.15) is 17.2 Å². The maximum Gasteiger partial charge on any atom is 0.513 e. The number of hydrogen-bond acceptors (Lipinski definition) is 7. The van der Waals surface area contributed by atoms with E-state index in [9.17, 15) is 9.59 Å². The number of nitrogens with zero attached hydrogens (tertiary/aromatic N) is 1. The molecule has 0 unspecified atom stereocenters. The van der Waals surface area contributed by atoms with Crippen LogP contribution in [0.2, 0.25) is 0 Å². The molecule has 7 nitrogen and oxygen atoms in total. The highest BCUT2D eigenvalue weighted by Crippen LogP contribution is 2.27. The van der Waals surface area contributed by atoms with Crippen LogP contribution in [0.25, 0.3) is 22.6 Å². The molecule has 3 aromatic carbocycles. The summed E-state index contributed by atoms with van der Waals surface area (Å²) in [7, 11) is 0. The van der Waals surface area contributed by atoms with Crippen LogP contribution in [0.5, 0.6) is 11.5 Å². The Morgan fingerprint density at radius 3 is 2.16 bits per heavy atom. The van der Waals surface area contributed by atoms with E-state index in [2.05, 4.69) is 5.16 Å². The van der Waals surface area contributed by atoms with Crippen LogP contribution in [-0.2, 0) is 4.74 Å². The van der Waals surface area contributed by atoms with Gasteiger partial charge in [-0.2, -0.15) is 0 Å². The van der Waals surface area contributed by atoms with Crippen LogP contribution in [0, 0.1) is 0 Å². The van der Waals surface area contributed by atoms with Crippen molar-refractivity contribution in [3.8, 4) is 34.1 Å². The van der Waals surface area contributed by atoms with Crippen LogP contribution in [0.1, 0.15) is 17.3 Å². The highest BCUT2D eigenvalue weighted by atomic mass is 16.7. The van der Waals surface area contributed by atoms with Gasteiger partial charge in [-0.05, 0) is 55.5 Å². The topological polar surface area (TPSA) is 87.9 Å². The van der Waals surface area contributed by atoms with E-state index in [-0.39, 0.29) is 12.4 Å². The first-order valence-corrected chi connectivity index (χ1v) is 9.92. The Hall–Kier alpha value is -4.39. The van der Waals surface area contributed by atoms with Crippen LogP contribution in [0.3, 0.4) is 0 Å². The van der Waals surface area contributed by atoms with Crippen LogP contribution < -0.4 is 9.47 Å². The second-order valence-corrected chi connectivity index (χ2v) is 6.67. The first kappa shape index (κ1) is 20.9. The molecule has 32 heavy (non-hydrogen) atoms. The zero-order chi connectivity index (χ0) is 22.3. The molecule has 0 aliphatic rings. The standard InChI is InChI=1S/C25H19NO6/c1-2-29-25(28)31-21-14-10-19(11-15-21)24(27)30-20-12-8-17(9-13-20)22-16-23(32-26-22)18-6-4-3-5-7-18/h3-16H,2H2,1H3. The van der Waals surface area contributed by atoms with Gasteiger partial charge < -0.3 is 18.7 Å². The van der Waals surface area contributed by atoms with E-state index in [4.69, 9.17) is 18.7 Å². The third kappa shape index (κ3) is 5.02. The molecule has 160 valence electrons. The Morgan fingerprint density at radius 2 is 1.47 bits per heavy atom. The fourth-order valence-corrected chi connectivity index (χ4v) is 2.91. The summed E-state index contributed by atoms with van der Waals surface area (Å²) < 4.78 is 20.5. The maximum atomic E-state index is 12.4. The molecule has 7 heteroatoms. The zero-order valence-corrected chi connectivity index (χ0v) is 17.2. The van der Waals surface area contributed by atoms with E-state index >= 15 is 0 Å². The number of carbonyl (C=O) groups excluding carboxylic acids is 2. The fraction of sp³-hybridized carbons (Fsp3) is 0.0800. The van der Waals surface area contributed by atoms with Gasteiger partial charge in [0.05, 0.1) is 12.2 Å². The number of carbonyl (C=O) groups is 2. The Labute approximate surface area is 184 Å². The van der Waals surface area contributed by atoms with Gasteiger partial charge in [0.25, 0.3) is 0 Å². The molecular weight excluding hydrogens is 410 g/mol. The number of hydrogen-bond donors (Lipinski definition) is 0. The van der Waals surface area contributed by atoms with Crippen molar-refractivity contribution in [3.63, 3.8) is 0 Å². The molecule has 0 amide bonds. The zero-order valence-electron chi connectivity index (χ0n) is 17.2. The molecule has 1 heterocycles. The highest BCUT2D eigenvalue weighted by Gasteiger charge is 2.12. The molecule has 0 saturated carbocycles. The molecule has 0 spiro atoms. The number of esters is 1. The van der Waals surface area contributed by atoms with Gasteiger partial charge in [-0.1, -0.05) is 35.5 Å². The quantitative estimate of drug-likeness (QED) is 0.219. The lowest BCUT2D eigenvalue weighted by Crippen LogP contribution is -2.11. The van der Waals surface area contributed by atoms with Gasteiger partial charge in [-0.15, -0.1) is 0 Å². The van der Waals surface area contributed by atoms with Crippen molar-refractivity contribution in [1.29, 1.82) is 0 Å². The Balaban J connectivity index is 1.39. The summed E-state index contributed by atoms with van der Waals surface area (Å²) in [5, 5.41) is 4.11. The third-order valence-corrected chi connectivity index (χ3v) is 4.48. The SMILES string of the molecule is CCOC(=O)Oc1ccc(C(=O)Oc2ccc(-c3cc(-c4ccccc4)on3)cc2)cc1. The molecule has 0 aliphatic heterocycles. The van der Waals surface area contributed by atoms with E-state index in [1.807, 2.05) is 36.4 Å². The molecule has 0 N–H and O–H groups in total. The lowest BCUT2D eigenvalue weighted by molar-refractivity contribution is 0.0734. The molecule has 4 rings (SSSR count). The van der Waals surface area contributed by atoms with Gasteiger partial charge >= 0.3 is 12.1 Å². The lowest BCUT2D eigenvalue weighted by Gasteiger charge is -2.06. The molecule has 0 aliphatic carbocycles. The number of ether oxygens (including phenoxy) is 3. The second kappa shape index (κ2) is 9.61. The lowest BCUT2D eigenvalue weighted by atomic mass is 10.1. The summed E-state index contributed by atoms with van der Waals surface area (Å²) in [4.78, 5) is 23.7. The maximum absolute atomic E-state index is 12.4. The van der Waals surface area contributed by atoms with E-state index in [1.54, 1.807) is 31.2 Å². The van der Waals surface area contributed by atoms with Crippen LogP contribution in [0.4, 0.5) is 4.79 Å². The van der Waals surface area contributed by atoms with Crippen molar-refractivity contribution in [2.75, 3.05) is 6.61 Å². The molecule has 0 saturated heterocycles. The first-order chi connectivity index (χ1) is 15.6. The molecule has 1 aromatic heterocycles. The molecular formula is C25H19NO6. The highest BCUT2D eigenvalue weighted by molar-refractivity contribution is 5.91. The second-order valence-electron chi connectivity index (χ2n) is 6.67. The van der Waals surface area contributed by atoms with Crippen LogP contribution in [-0.4, -0.2) is 23.9 Å². The van der Waals surface area contributed by atoms with Crippen LogP contribution >= 0.6 is 0 Å². The van der Waals surface area contributed by atoms with E-state index in [0.29, 0.717) is 22.8 Å². The van der Waals surface area contributed by atoms with Gasteiger partial charge in [-0.3, -0.25) is 0 Å².